The van der Waals surface area contributed by atoms with E-state index < -0.39 is 17.2 Å². The van der Waals surface area contributed by atoms with Crippen LogP contribution in [0.4, 0.5) is 0 Å². The molecule has 0 spiro atoms. The lowest BCUT2D eigenvalue weighted by atomic mass is 9.96. The molecule has 4 aromatic rings. The van der Waals surface area contributed by atoms with Gasteiger partial charge in [0.2, 0.25) is 0 Å². The summed E-state index contributed by atoms with van der Waals surface area (Å²) in [5, 5.41) is 14.4. The molecule has 10 nitrogen and oxygen atoms in total. The third-order valence-electron chi connectivity index (χ3n) is 6.08. The van der Waals surface area contributed by atoms with E-state index in [0.29, 0.717) is 13.1 Å². The maximum Gasteiger partial charge on any atom is 0.349 e. The van der Waals surface area contributed by atoms with Crippen molar-refractivity contribution in [3.05, 3.63) is 108 Å². The third kappa shape index (κ3) is 4.89. The number of methoxy groups -OCH3 is 1. The molecule has 1 aromatic heterocycles. The van der Waals surface area contributed by atoms with E-state index in [1.165, 1.54) is 30.3 Å². The summed E-state index contributed by atoms with van der Waals surface area (Å²) in [7, 11) is 1.59. The molecular formula is C26H20Cl2N4O6. The second-order valence-corrected chi connectivity index (χ2v) is 9.29. The summed E-state index contributed by atoms with van der Waals surface area (Å²) in [4.78, 5) is 40.5. The number of fused-ring (bicyclic) bond motifs is 1. The molecule has 1 amide bonds. The van der Waals surface area contributed by atoms with Crippen LogP contribution in [0.15, 0.2) is 70.4 Å². The Bertz CT molecular complexity index is 1650. The number of aromatic amines is 1. The number of ether oxygens (including phenoxy) is 2. The largest absolute Gasteiger partial charge is 0.507 e. The van der Waals surface area contributed by atoms with Crippen molar-refractivity contribution in [1.82, 2.24) is 19.7 Å². The SMILES string of the molecule is COC1CN(C(=O)c2cc(Oc3c(Cl)cc(-n4ncc(=O)[nH]c4=O)cc3Cl)ccc2O)Cc2ccccc21. The highest BCUT2D eigenvalue weighted by atomic mass is 35.5. The highest BCUT2D eigenvalue weighted by Gasteiger charge is 2.30. The van der Waals surface area contributed by atoms with Crippen LogP contribution in [0.2, 0.25) is 10.0 Å². The number of H-pyrrole nitrogens is 1. The van der Waals surface area contributed by atoms with Crippen molar-refractivity contribution < 1.29 is 19.4 Å². The van der Waals surface area contributed by atoms with Crippen molar-refractivity contribution in [3.63, 3.8) is 0 Å². The smallest absolute Gasteiger partial charge is 0.349 e. The molecule has 38 heavy (non-hydrogen) atoms. The minimum Gasteiger partial charge on any atom is -0.507 e. The molecular weight excluding hydrogens is 535 g/mol. The molecule has 0 aliphatic carbocycles. The van der Waals surface area contributed by atoms with Gasteiger partial charge in [0.1, 0.15) is 17.7 Å². The molecule has 0 radical (unpaired) electrons. The van der Waals surface area contributed by atoms with Gasteiger partial charge in [-0.25, -0.2) is 4.79 Å². The Labute approximate surface area is 225 Å². The zero-order chi connectivity index (χ0) is 27.0. The number of halogens is 2. The van der Waals surface area contributed by atoms with Gasteiger partial charge in [-0.1, -0.05) is 47.5 Å². The number of rotatable bonds is 5. The molecule has 2 heterocycles. The summed E-state index contributed by atoms with van der Waals surface area (Å²) >= 11 is 12.8. The van der Waals surface area contributed by atoms with Crippen LogP contribution in [0, 0.1) is 0 Å². The maximum atomic E-state index is 13.4. The number of carbonyl (C=O) groups excluding carboxylic acids is 1. The minimum atomic E-state index is -0.768. The fourth-order valence-electron chi connectivity index (χ4n) is 4.26. The van der Waals surface area contributed by atoms with E-state index in [2.05, 4.69) is 10.1 Å². The van der Waals surface area contributed by atoms with Gasteiger partial charge < -0.3 is 19.5 Å². The minimum absolute atomic E-state index is 0.0320. The molecule has 1 aliphatic rings. The lowest BCUT2D eigenvalue weighted by Gasteiger charge is -2.34. The zero-order valence-corrected chi connectivity index (χ0v) is 21.4. The van der Waals surface area contributed by atoms with E-state index in [4.69, 9.17) is 32.7 Å². The summed E-state index contributed by atoms with van der Waals surface area (Å²) in [5.74, 6) is -0.362. The summed E-state index contributed by atoms with van der Waals surface area (Å²) in [6.07, 6.45) is 0.643. The Kier molecular flexibility index (Phi) is 6.94. The van der Waals surface area contributed by atoms with Crippen molar-refractivity contribution in [2.45, 2.75) is 12.6 Å². The Morgan fingerprint density at radius 1 is 1.11 bits per heavy atom. The first-order chi connectivity index (χ1) is 18.2. The number of hydrogen-bond donors (Lipinski definition) is 2. The number of hydrogen-bond acceptors (Lipinski definition) is 7. The van der Waals surface area contributed by atoms with Crippen LogP contribution in [-0.4, -0.2) is 44.3 Å². The van der Waals surface area contributed by atoms with Gasteiger partial charge in [0.25, 0.3) is 11.5 Å². The number of aromatic nitrogens is 3. The molecule has 194 valence electrons. The summed E-state index contributed by atoms with van der Waals surface area (Å²) in [5.41, 5.74) is 0.800. The summed E-state index contributed by atoms with van der Waals surface area (Å²) in [6, 6.07) is 14.7. The Hall–Kier alpha value is -4.12. The van der Waals surface area contributed by atoms with Crippen LogP contribution in [0.3, 0.4) is 0 Å². The molecule has 0 saturated carbocycles. The van der Waals surface area contributed by atoms with Gasteiger partial charge in [-0.2, -0.15) is 9.78 Å². The molecule has 0 bridgehead atoms. The number of carbonyl (C=O) groups is 1. The first-order valence-electron chi connectivity index (χ1n) is 11.3. The van der Waals surface area contributed by atoms with Gasteiger partial charge >= 0.3 is 5.69 Å². The molecule has 1 atom stereocenters. The van der Waals surface area contributed by atoms with Crippen molar-refractivity contribution in [2.24, 2.45) is 0 Å². The topological polar surface area (TPSA) is 127 Å². The predicted octanol–water partition coefficient (Wildman–Crippen LogP) is 4.07. The first-order valence-corrected chi connectivity index (χ1v) is 12.1. The van der Waals surface area contributed by atoms with E-state index in [1.807, 2.05) is 24.3 Å². The van der Waals surface area contributed by atoms with E-state index in [1.54, 1.807) is 12.0 Å². The van der Waals surface area contributed by atoms with Gasteiger partial charge in [-0.15, -0.1) is 0 Å². The van der Waals surface area contributed by atoms with Crippen molar-refractivity contribution >= 4 is 29.1 Å². The van der Waals surface area contributed by atoms with Crippen LogP contribution in [-0.2, 0) is 11.3 Å². The van der Waals surface area contributed by atoms with Crippen molar-refractivity contribution in [1.29, 1.82) is 0 Å². The first kappa shape index (κ1) is 25.5. The van der Waals surface area contributed by atoms with Gasteiger partial charge in [0.05, 0.1) is 33.9 Å². The normalized spacial score (nSPS) is 14.7. The molecule has 0 fully saturated rings. The lowest BCUT2D eigenvalue weighted by molar-refractivity contribution is 0.0376. The van der Waals surface area contributed by atoms with E-state index >= 15 is 0 Å². The molecule has 5 rings (SSSR count). The zero-order valence-electron chi connectivity index (χ0n) is 19.9. The number of benzene rings is 3. The van der Waals surface area contributed by atoms with Crippen LogP contribution in [0.1, 0.15) is 27.6 Å². The Morgan fingerprint density at radius 3 is 2.55 bits per heavy atom. The van der Waals surface area contributed by atoms with E-state index in [9.17, 15) is 19.5 Å². The highest BCUT2D eigenvalue weighted by molar-refractivity contribution is 6.37. The molecule has 12 heteroatoms. The number of phenols is 1. The lowest BCUT2D eigenvalue weighted by Crippen LogP contribution is -2.38. The Balaban J connectivity index is 1.42. The number of phenolic OH excluding ortho intramolecular Hbond substituents is 1. The fraction of sp³-hybridized carbons (Fsp3) is 0.154. The average molecular weight is 555 g/mol. The number of aromatic hydroxyl groups is 1. The highest BCUT2D eigenvalue weighted by Crippen LogP contribution is 2.39. The van der Waals surface area contributed by atoms with Crippen LogP contribution in [0.5, 0.6) is 17.2 Å². The average Bonchev–Trinajstić information content (AvgIpc) is 2.90. The van der Waals surface area contributed by atoms with Crippen LogP contribution in [0.25, 0.3) is 5.69 Å². The molecule has 3 aromatic carbocycles. The molecule has 1 aliphatic heterocycles. The monoisotopic (exact) mass is 554 g/mol. The molecule has 2 N–H and O–H groups in total. The Morgan fingerprint density at radius 2 is 1.84 bits per heavy atom. The van der Waals surface area contributed by atoms with Crippen LogP contribution >= 0.6 is 23.2 Å². The van der Waals surface area contributed by atoms with Crippen molar-refractivity contribution in [2.75, 3.05) is 13.7 Å². The van der Waals surface area contributed by atoms with Crippen LogP contribution < -0.4 is 16.0 Å². The fourth-order valence-corrected chi connectivity index (χ4v) is 4.81. The van der Waals surface area contributed by atoms with Gasteiger partial charge in [0, 0.05) is 13.7 Å². The van der Waals surface area contributed by atoms with Gasteiger partial charge in [-0.05, 0) is 41.5 Å². The summed E-state index contributed by atoms with van der Waals surface area (Å²) < 4.78 is 12.4. The predicted molar refractivity (Wildman–Crippen MR) is 140 cm³/mol. The molecule has 1 unspecified atom stereocenters. The third-order valence-corrected chi connectivity index (χ3v) is 6.64. The standard InChI is InChI=1S/C26H20Cl2N4O6/c1-37-22-13-31(12-14-4-2-3-5-17(14)22)25(35)18-10-16(6-7-21(18)33)38-24-19(27)8-15(9-20(24)28)32-26(36)30-23(34)11-29-32/h2-11,22,33H,12-13H2,1H3,(H,30,34,36). The number of nitrogens with zero attached hydrogens (tertiary/aromatic N) is 3. The number of amides is 1. The second kappa shape index (κ2) is 10.3. The van der Waals surface area contributed by atoms with Crippen molar-refractivity contribution in [3.8, 4) is 22.9 Å². The molecule has 0 saturated heterocycles. The van der Waals surface area contributed by atoms with E-state index in [-0.39, 0.29) is 44.6 Å². The van der Waals surface area contributed by atoms with E-state index in [0.717, 1.165) is 22.0 Å². The number of nitrogens with one attached hydrogen (secondary N) is 1. The van der Waals surface area contributed by atoms with Gasteiger partial charge in [0.15, 0.2) is 5.75 Å². The second-order valence-electron chi connectivity index (χ2n) is 8.48. The summed E-state index contributed by atoms with van der Waals surface area (Å²) in [6.45, 7) is 0.671. The quantitative estimate of drug-likeness (QED) is 0.380. The van der Waals surface area contributed by atoms with Gasteiger partial charge in [-0.3, -0.25) is 14.6 Å². The maximum absolute atomic E-state index is 13.4.